The van der Waals surface area contributed by atoms with Gasteiger partial charge in [0, 0.05) is 54.0 Å². The number of aromatic hydroxyl groups is 3. The summed E-state index contributed by atoms with van der Waals surface area (Å²) in [5.74, 6) is 5.60. The number of carbonyl (C=O) groups is 1. The number of hydrogen-bond donors (Lipinski definition) is 6. The first-order valence-electron chi connectivity index (χ1n) is 17.2. The van der Waals surface area contributed by atoms with Crippen molar-refractivity contribution in [3.05, 3.63) is 82.9 Å². The van der Waals surface area contributed by atoms with Gasteiger partial charge in [-0.2, -0.15) is 0 Å². The first-order chi connectivity index (χ1) is 23.1. The van der Waals surface area contributed by atoms with Crippen LogP contribution in [0.2, 0.25) is 0 Å². The number of ketones is 1. The van der Waals surface area contributed by atoms with Crippen LogP contribution in [0.5, 0.6) is 23.0 Å². The van der Waals surface area contributed by atoms with Crippen molar-refractivity contribution in [3.63, 3.8) is 0 Å². The lowest BCUT2D eigenvalue weighted by molar-refractivity contribution is -0.175. The highest BCUT2D eigenvalue weighted by molar-refractivity contribution is 5.81. The van der Waals surface area contributed by atoms with Gasteiger partial charge in [0.05, 0.1) is 19.3 Å². The van der Waals surface area contributed by atoms with Crippen molar-refractivity contribution in [1.29, 1.82) is 0 Å². The van der Waals surface area contributed by atoms with Gasteiger partial charge < -0.3 is 35.6 Å². The van der Waals surface area contributed by atoms with Crippen LogP contribution in [0.25, 0.3) is 0 Å². The predicted octanol–water partition coefficient (Wildman–Crippen LogP) is 5.22. The van der Waals surface area contributed by atoms with Crippen LogP contribution in [-0.4, -0.2) is 56.1 Å². The molecule has 8 nitrogen and oxygen atoms in total. The molecule has 3 aromatic rings. The number of ether oxygens (including phenoxy) is 1. The van der Waals surface area contributed by atoms with Crippen molar-refractivity contribution in [2.24, 2.45) is 17.8 Å². The van der Waals surface area contributed by atoms with Crippen LogP contribution >= 0.6 is 0 Å². The molecular weight excluding hydrogens is 606 g/mol. The molecule has 1 heterocycles. The summed E-state index contributed by atoms with van der Waals surface area (Å²) >= 11 is 0. The molecule has 48 heavy (non-hydrogen) atoms. The number of aliphatic hydroxyl groups is 2. The number of benzene rings is 3. The molecule has 3 aromatic carbocycles. The fraction of sp³-hybridized carbons (Fsp3) is 0.475. The number of methoxy groups -OCH3 is 1. The third-order valence-electron chi connectivity index (χ3n) is 12.1. The maximum absolute atomic E-state index is 14.4. The maximum atomic E-state index is 14.4. The summed E-state index contributed by atoms with van der Waals surface area (Å²) in [6.45, 7) is 0.239. The Labute approximate surface area is 281 Å². The Morgan fingerprint density at radius 2 is 1.71 bits per heavy atom. The molecule has 0 amide bonds. The molecule has 1 saturated heterocycles. The molecule has 2 bridgehead atoms. The number of phenolic OH excluding ortho intramolecular Hbond substituents is 3. The van der Waals surface area contributed by atoms with Gasteiger partial charge >= 0.3 is 0 Å². The van der Waals surface area contributed by atoms with Gasteiger partial charge in [0.2, 0.25) is 0 Å². The van der Waals surface area contributed by atoms with E-state index in [9.17, 15) is 30.3 Å². The van der Waals surface area contributed by atoms with E-state index < -0.39 is 16.9 Å². The zero-order valence-corrected chi connectivity index (χ0v) is 27.4. The summed E-state index contributed by atoms with van der Waals surface area (Å²) in [6.07, 6.45) is 5.44. The standard InChI is InChI=1S/C40H45NO7/c1-48-36-21-32(28(24-42)18-35(36)46)31-20-30(43)22-38(47)15-16-39-13-5-6-14-40(39,29-11-12-33(44)34(45)19-29)37(38)27(23-41-39)10-9-26(31)17-25-7-3-2-4-8-25/h2-4,7-8,11-12,18-19,21,26-27,31,37,41-42,44-47H,5-6,13-17,20,22-24H2,1H3/t26-,27-,31-,37+,38-,39-,40-/m1/s1. The Kier molecular flexibility index (Phi) is 8.43. The van der Waals surface area contributed by atoms with E-state index in [0.29, 0.717) is 36.9 Å². The minimum Gasteiger partial charge on any atom is -0.504 e. The number of piperidine rings is 1. The largest absolute Gasteiger partial charge is 0.504 e. The van der Waals surface area contributed by atoms with Crippen LogP contribution in [0.3, 0.4) is 0 Å². The van der Waals surface area contributed by atoms with Crippen LogP contribution in [0.1, 0.15) is 79.5 Å². The number of carbonyl (C=O) groups excluding carboxylic acids is 1. The second kappa shape index (κ2) is 12.5. The highest BCUT2D eigenvalue weighted by atomic mass is 16.5. The molecule has 1 aliphatic heterocycles. The quantitative estimate of drug-likeness (QED) is 0.158. The van der Waals surface area contributed by atoms with Crippen molar-refractivity contribution in [3.8, 4) is 34.8 Å². The van der Waals surface area contributed by atoms with Gasteiger partial charge in [-0.15, -0.1) is 0 Å². The van der Waals surface area contributed by atoms with E-state index in [1.807, 2.05) is 24.3 Å². The van der Waals surface area contributed by atoms with E-state index in [0.717, 1.165) is 36.8 Å². The number of rotatable bonds is 6. The maximum Gasteiger partial charge on any atom is 0.160 e. The van der Waals surface area contributed by atoms with Gasteiger partial charge in [-0.05, 0) is 78.6 Å². The average Bonchev–Trinajstić information content (AvgIpc) is 3.08. The minimum absolute atomic E-state index is 0.0318. The second-order valence-corrected chi connectivity index (χ2v) is 14.5. The summed E-state index contributed by atoms with van der Waals surface area (Å²) in [5.41, 5.74) is 0.871. The number of nitrogens with one attached hydrogen (secondary N) is 1. The topological polar surface area (TPSA) is 139 Å². The highest BCUT2D eigenvalue weighted by Crippen LogP contribution is 2.65. The molecule has 7 rings (SSSR count). The molecule has 252 valence electrons. The molecule has 7 atom stereocenters. The minimum atomic E-state index is -1.34. The summed E-state index contributed by atoms with van der Waals surface area (Å²) in [6, 6.07) is 18.3. The van der Waals surface area contributed by atoms with E-state index in [1.54, 1.807) is 12.1 Å². The molecule has 8 heteroatoms. The Morgan fingerprint density at radius 1 is 0.917 bits per heavy atom. The van der Waals surface area contributed by atoms with Crippen molar-refractivity contribution < 1.29 is 35.1 Å². The van der Waals surface area contributed by atoms with Gasteiger partial charge in [-0.25, -0.2) is 0 Å². The third-order valence-corrected chi connectivity index (χ3v) is 12.1. The number of phenols is 3. The van der Waals surface area contributed by atoms with Crippen LogP contribution in [0.15, 0.2) is 60.7 Å². The Morgan fingerprint density at radius 3 is 2.46 bits per heavy atom. The number of Topliss-reactive ketones (excluding diaryl/α,β-unsaturated/α-hetero) is 1. The van der Waals surface area contributed by atoms with Gasteiger partial charge in [0.25, 0.3) is 0 Å². The van der Waals surface area contributed by atoms with Crippen LogP contribution in [0, 0.1) is 29.6 Å². The van der Waals surface area contributed by atoms with E-state index in [1.165, 1.54) is 19.2 Å². The number of aliphatic hydroxyl groups excluding tert-OH is 1. The fourth-order valence-electron chi connectivity index (χ4n) is 10.1. The molecule has 6 N–H and O–H groups in total. The van der Waals surface area contributed by atoms with E-state index in [4.69, 9.17) is 4.74 Å². The Hall–Kier alpha value is -4.03. The first-order valence-corrected chi connectivity index (χ1v) is 17.2. The molecule has 2 saturated carbocycles. The van der Waals surface area contributed by atoms with Gasteiger partial charge in [-0.3, -0.25) is 4.79 Å². The first kappa shape index (κ1) is 32.5. The van der Waals surface area contributed by atoms with Gasteiger partial charge in [0.15, 0.2) is 23.0 Å². The zero-order valence-electron chi connectivity index (χ0n) is 27.4. The number of hydrogen-bond acceptors (Lipinski definition) is 8. The molecule has 3 aliphatic carbocycles. The van der Waals surface area contributed by atoms with E-state index in [-0.39, 0.29) is 71.5 Å². The van der Waals surface area contributed by atoms with Crippen molar-refractivity contribution >= 4 is 5.78 Å². The van der Waals surface area contributed by atoms with Gasteiger partial charge in [0.1, 0.15) is 5.78 Å². The molecule has 3 fully saturated rings. The van der Waals surface area contributed by atoms with Crippen LogP contribution in [-0.2, 0) is 23.2 Å². The lowest BCUT2D eigenvalue weighted by Crippen LogP contribution is -2.77. The molecule has 0 spiro atoms. The van der Waals surface area contributed by atoms with Crippen molar-refractivity contribution in [2.45, 2.75) is 86.9 Å². The molecule has 0 unspecified atom stereocenters. The van der Waals surface area contributed by atoms with Crippen LogP contribution in [0.4, 0.5) is 0 Å². The molecule has 4 aliphatic rings. The average molecular weight is 652 g/mol. The smallest absolute Gasteiger partial charge is 0.160 e. The lowest BCUT2D eigenvalue weighted by Gasteiger charge is -2.69. The molecule has 0 radical (unpaired) electrons. The second-order valence-electron chi connectivity index (χ2n) is 14.5. The van der Waals surface area contributed by atoms with Crippen molar-refractivity contribution in [1.82, 2.24) is 5.32 Å². The zero-order chi connectivity index (χ0) is 33.7. The van der Waals surface area contributed by atoms with Crippen LogP contribution < -0.4 is 10.1 Å². The summed E-state index contributed by atoms with van der Waals surface area (Å²) in [5, 5.41) is 58.7. The molecular formula is C40H45NO7. The summed E-state index contributed by atoms with van der Waals surface area (Å²) in [7, 11) is 1.47. The van der Waals surface area contributed by atoms with Crippen molar-refractivity contribution in [2.75, 3.05) is 13.7 Å². The summed E-state index contributed by atoms with van der Waals surface area (Å²) in [4.78, 5) is 14.4. The highest BCUT2D eigenvalue weighted by Gasteiger charge is 2.69. The monoisotopic (exact) mass is 651 g/mol. The Bertz CT molecular complexity index is 1760. The lowest BCUT2D eigenvalue weighted by atomic mass is 9.40. The fourth-order valence-corrected chi connectivity index (χ4v) is 10.1. The normalized spacial score (nSPS) is 32.8. The molecule has 0 aromatic heterocycles. The Balaban J connectivity index is 1.42. The summed E-state index contributed by atoms with van der Waals surface area (Å²) < 4.78 is 5.47. The predicted molar refractivity (Wildman–Crippen MR) is 181 cm³/mol. The van der Waals surface area contributed by atoms with E-state index in [2.05, 4.69) is 29.3 Å². The third kappa shape index (κ3) is 5.24. The SMILES string of the molecule is COc1cc([C@@H]2CC(=O)C[C@]3(O)CC[C@]45CCCC[C@@]4(c4ccc(O)c(O)c4)[C@H]3[C@H](C#C[C@@H]2Cc2ccccc2)CN5)c(CO)cc1O. The van der Waals surface area contributed by atoms with E-state index >= 15 is 0 Å². The van der Waals surface area contributed by atoms with Gasteiger partial charge in [-0.1, -0.05) is 61.1 Å².